The predicted octanol–water partition coefficient (Wildman–Crippen LogP) is 3.01. The second-order valence-corrected chi connectivity index (χ2v) is 8.09. The number of nitrogens with one attached hydrogen (secondary N) is 1. The van der Waals surface area contributed by atoms with E-state index in [1.807, 2.05) is 19.1 Å². The van der Waals surface area contributed by atoms with Crippen LogP contribution in [0, 0.1) is 0 Å². The normalized spacial score (nSPS) is 19.0. The quantitative estimate of drug-likeness (QED) is 0.291. The number of fused-ring (bicyclic) bond motifs is 6. The van der Waals surface area contributed by atoms with Crippen LogP contribution >= 0.6 is 0 Å². The van der Waals surface area contributed by atoms with Gasteiger partial charge >= 0.3 is 5.97 Å². The summed E-state index contributed by atoms with van der Waals surface area (Å²) >= 11 is 0. The third-order valence-corrected chi connectivity index (χ3v) is 6.79. The second kappa shape index (κ2) is 7.04. The fraction of sp³-hybridized carbons (Fsp3) is 0.348. The van der Waals surface area contributed by atoms with E-state index in [0.29, 0.717) is 52.5 Å². The van der Waals surface area contributed by atoms with E-state index in [0.717, 1.165) is 16.5 Å². The van der Waals surface area contributed by atoms with E-state index in [1.165, 1.54) is 7.11 Å². The molecule has 0 unspecified atom stereocenters. The summed E-state index contributed by atoms with van der Waals surface area (Å²) in [4.78, 5) is 31.0. The third kappa shape index (κ3) is 2.37. The van der Waals surface area contributed by atoms with E-state index in [-0.39, 0.29) is 25.5 Å². The Labute approximate surface area is 182 Å². The maximum absolute atomic E-state index is 13.5. The molecule has 3 aliphatic heterocycles. The largest absolute Gasteiger partial charge is 0.674 e. The molecular weight excluding hydrogens is 948 g/mol. The molecular formula is C23H20N3O6Rf2-. The number of benzene rings is 1. The second-order valence-electron chi connectivity index (χ2n) is 8.09. The van der Waals surface area contributed by atoms with Crippen LogP contribution in [0.4, 0.5) is 0 Å². The number of aromatic nitrogens is 2. The summed E-state index contributed by atoms with van der Waals surface area (Å²) in [5, 5.41) is 0.812. The number of carbonyl (C=O) groups excluding carboxylic acids is 1. The third-order valence-electron chi connectivity index (χ3n) is 6.79. The van der Waals surface area contributed by atoms with Crippen LogP contribution in [0.3, 0.4) is 0 Å². The Morgan fingerprint density at radius 2 is 1.85 bits per heavy atom. The molecule has 0 radical (unpaired) electrons. The maximum atomic E-state index is 13.5. The Balaban J connectivity index is 0.00000137. The molecule has 168 valence electrons. The van der Waals surface area contributed by atoms with Crippen LogP contribution < -0.4 is 15.0 Å². The van der Waals surface area contributed by atoms with Crippen molar-refractivity contribution in [3.05, 3.63) is 56.5 Å². The van der Waals surface area contributed by atoms with Gasteiger partial charge in [0.15, 0.2) is 17.1 Å². The predicted molar refractivity (Wildman–Crippen MR) is 113 cm³/mol. The fourth-order valence-corrected chi connectivity index (χ4v) is 5.08. The summed E-state index contributed by atoms with van der Waals surface area (Å²) in [7, 11) is 1.45. The van der Waals surface area contributed by atoms with Crippen LogP contribution in [-0.2, 0) is 39.6 Å². The molecule has 9 nitrogen and oxygen atoms in total. The van der Waals surface area contributed by atoms with Crippen LogP contribution in [0.1, 0.15) is 35.6 Å². The van der Waals surface area contributed by atoms with E-state index in [1.54, 1.807) is 10.6 Å². The molecule has 0 bridgehead atoms. The number of esters is 1. The van der Waals surface area contributed by atoms with Crippen LogP contribution in [0.2, 0.25) is 0 Å². The molecule has 0 fully saturated rings. The topological polar surface area (TPSA) is 113 Å². The molecule has 0 aliphatic carbocycles. The summed E-state index contributed by atoms with van der Waals surface area (Å²) in [6.45, 7) is 2.23. The molecule has 1 atom stereocenters. The molecule has 0 saturated carbocycles. The zero-order chi connectivity index (χ0) is 22.2. The number of hydrogen-bond donors (Lipinski definition) is 0. The SMILES string of the molecule is CC[C@@]1(OC)C(=O)OCc2c1cc1n(c2=O)Cc2c-1nc1cc3c(cc1c2C[NH-])OCO3.[Rf].[Rf]. The Morgan fingerprint density at radius 3 is 2.53 bits per heavy atom. The zero-order valence-corrected chi connectivity index (χ0v) is 31.8. The van der Waals surface area contributed by atoms with Crippen molar-refractivity contribution < 1.29 is 23.7 Å². The van der Waals surface area contributed by atoms with Gasteiger partial charge in [-0.3, -0.25) is 4.79 Å². The first-order valence-electron chi connectivity index (χ1n) is 10.4. The molecule has 0 spiro atoms. The van der Waals surface area contributed by atoms with Crippen molar-refractivity contribution in [2.45, 2.75) is 38.6 Å². The number of rotatable bonds is 3. The zero-order valence-electron chi connectivity index (χ0n) is 19.0. The van der Waals surface area contributed by atoms with Crippen molar-refractivity contribution in [2.24, 2.45) is 0 Å². The van der Waals surface area contributed by atoms with Crippen molar-refractivity contribution in [3.8, 4) is 22.9 Å². The van der Waals surface area contributed by atoms with Crippen molar-refractivity contribution in [3.63, 3.8) is 0 Å². The van der Waals surface area contributed by atoms with Gasteiger partial charge in [-0.2, -0.15) is 0 Å². The van der Waals surface area contributed by atoms with Gasteiger partial charge in [0.2, 0.25) is 6.79 Å². The first-order valence-corrected chi connectivity index (χ1v) is 10.4. The van der Waals surface area contributed by atoms with Crippen molar-refractivity contribution in [1.82, 2.24) is 9.55 Å². The minimum atomic E-state index is -1.33. The van der Waals surface area contributed by atoms with Gasteiger partial charge in [-0.15, -0.1) is 6.54 Å². The van der Waals surface area contributed by atoms with Crippen LogP contribution in [0.5, 0.6) is 11.5 Å². The van der Waals surface area contributed by atoms with E-state index in [4.69, 9.17) is 29.7 Å². The number of hydrogen-bond acceptors (Lipinski definition) is 7. The number of carbonyl (C=O) groups is 1. The molecule has 0 saturated heterocycles. The minimum Gasteiger partial charge on any atom is -0.674 e. The van der Waals surface area contributed by atoms with Gasteiger partial charge in [0, 0.05) is 29.7 Å². The van der Waals surface area contributed by atoms with Gasteiger partial charge in [0.25, 0.3) is 5.56 Å². The summed E-state index contributed by atoms with van der Waals surface area (Å²) in [6.07, 6.45) is 0.331. The average Bonchev–Trinajstić information content (AvgIpc) is 3.41. The monoisotopic (exact) mass is 968 g/mol. The molecule has 6 rings (SSSR count). The van der Waals surface area contributed by atoms with Crippen molar-refractivity contribution in [1.29, 1.82) is 0 Å². The Kier molecular flexibility index (Phi) is 4.51. The van der Waals surface area contributed by atoms with E-state index < -0.39 is 11.6 Å². The molecule has 2 aromatic heterocycles. The first kappa shape index (κ1) is 21.8. The van der Waals surface area contributed by atoms with Gasteiger partial charge in [-0.1, -0.05) is 12.5 Å². The van der Waals surface area contributed by atoms with Gasteiger partial charge in [0.05, 0.1) is 29.0 Å². The van der Waals surface area contributed by atoms with Gasteiger partial charge in [0.1, 0.15) is 6.61 Å². The number of ether oxygens (including phenoxy) is 4. The molecule has 3 aliphatic rings. The van der Waals surface area contributed by atoms with Gasteiger partial charge in [-0.25, -0.2) is 9.78 Å². The fourth-order valence-electron chi connectivity index (χ4n) is 5.08. The number of nitrogens with zero attached hydrogens (tertiary/aromatic N) is 2. The first-order chi connectivity index (χ1) is 15.5. The molecule has 11 heteroatoms. The standard InChI is InChI=1S/C23H20N3O6.2Rf/c1-3-23(29-2)15-5-17-20-13(8-26(17)21(27)14(15)9-30-22(23)28)12(7-24)11-4-18-19(32-10-31-18)6-16(11)25-20;;/h4-6,24H,3,7-10H2,1-2H3;;/q-1;;/t23-;;/m0../s1. The van der Waals surface area contributed by atoms with Gasteiger partial charge < -0.3 is 29.2 Å². The molecule has 5 heterocycles. The minimum absolute atomic E-state index is 0. The van der Waals surface area contributed by atoms with Crippen molar-refractivity contribution in [2.75, 3.05) is 13.9 Å². The van der Waals surface area contributed by atoms with Gasteiger partial charge in [-0.05, 0) is 18.6 Å². The Bertz CT molecular complexity index is 1400. The smallest absolute Gasteiger partial charge is 0.343 e. The number of pyridine rings is 2. The summed E-state index contributed by atoms with van der Waals surface area (Å²) in [5.41, 5.74) is 11.1. The number of cyclic esters (lactones) is 1. The molecule has 0 amide bonds. The van der Waals surface area contributed by atoms with Crippen LogP contribution in [0.15, 0.2) is 23.0 Å². The van der Waals surface area contributed by atoms with E-state index >= 15 is 0 Å². The molecule has 3 aromatic rings. The maximum Gasteiger partial charge on any atom is 0.343 e. The molecule has 34 heavy (non-hydrogen) atoms. The van der Waals surface area contributed by atoms with Crippen LogP contribution in [-0.4, -0.2) is 29.4 Å². The Morgan fingerprint density at radius 1 is 1.12 bits per heavy atom. The summed E-state index contributed by atoms with van der Waals surface area (Å²) in [5.74, 6) is 0.734. The Hall–Kier alpha value is -5.43. The average molecular weight is 968 g/mol. The summed E-state index contributed by atoms with van der Waals surface area (Å²) < 4.78 is 23.6. The summed E-state index contributed by atoms with van der Waals surface area (Å²) in [6, 6.07) is 5.49. The van der Waals surface area contributed by atoms with E-state index in [2.05, 4.69) is 0 Å². The molecule has 1 N–H and O–H groups in total. The van der Waals surface area contributed by atoms with E-state index in [9.17, 15) is 9.59 Å². The number of methoxy groups -OCH3 is 1. The van der Waals surface area contributed by atoms with Crippen molar-refractivity contribution >= 4 is 16.9 Å². The molecule has 1 aromatic carbocycles. The van der Waals surface area contributed by atoms with Crippen LogP contribution in [0.25, 0.3) is 28.0 Å².